The Kier molecular flexibility index (Phi) is 7.04. The van der Waals surface area contributed by atoms with Crippen LogP contribution in [0.1, 0.15) is 23.5 Å². The molecule has 2 N–H and O–H groups in total. The number of aliphatic imine (C=N–C) groups is 1. The normalized spacial score (nSPS) is 11.6. The molecule has 0 saturated heterocycles. The Balaban J connectivity index is 1.55. The van der Waals surface area contributed by atoms with Gasteiger partial charge < -0.3 is 10.6 Å². The van der Waals surface area contributed by atoms with Crippen molar-refractivity contribution in [1.29, 1.82) is 0 Å². The molecule has 5 nitrogen and oxygen atoms in total. The summed E-state index contributed by atoms with van der Waals surface area (Å²) in [5.74, 6) is 1.10. The number of aryl methyl sites for hydroxylation is 1. The zero-order chi connectivity index (χ0) is 18.7. The number of benzene rings is 2. The molecule has 27 heavy (non-hydrogen) atoms. The number of nitrogens with zero attached hydrogens (tertiary/aromatic N) is 3. The summed E-state index contributed by atoms with van der Waals surface area (Å²) >= 11 is 0. The van der Waals surface area contributed by atoms with Gasteiger partial charge in [-0.05, 0) is 23.6 Å². The van der Waals surface area contributed by atoms with Crippen LogP contribution in [0.5, 0.6) is 0 Å². The smallest absolute Gasteiger partial charge is 0.191 e. The summed E-state index contributed by atoms with van der Waals surface area (Å²) in [7, 11) is 1.81. The van der Waals surface area contributed by atoms with Crippen molar-refractivity contribution in [3.05, 3.63) is 90.3 Å². The molecule has 0 fully saturated rings. The van der Waals surface area contributed by atoms with Gasteiger partial charge in [0.15, 0.2) is 5.96 Å². The molecule has 1 heterocycles. The largest absolute Gasteiger partial charge is 0.356 e. The maximum Gasteiger partial charge on any atom is 0.191 e. The lowest BCUT2D eigenvalue weighted by Crippen LogP contribution is -2.40. The molecule has 0 aliphatic rings. The van der Waals surface area contributed by atoms with Crippen LogP contribution >= 0.6 is 0 Å². The molecule has 0 bridgehead atoms. The zero-order valence-electron chi connectivity index (χ0n) is 15.8. The summed E-state index contributed by atoms with van der Waals surface area (Å²) in [4.78, 5) is 4.35. The highest BCUT2D eigenvalue weighted by atomic mass is 15.3. The zero-order valence-corrected chi connectivity index (χ0v) is 15.8. The maximum absolute atomic E-state index is 4.35. The van der Waals surface area contributed by atoms with E-state index in [0.717, 1.165) is 32.0 Å². The third kappa shape index (κ3) is 5.71. The number of guanidine groups is 1. The highest BCUT2D eigenvalue weighted by Gasteiger charge is 2.14. The van der Waals surface area contributed by atoms with Crippen LogP contribution in [0.2, 0.25) is 0 Å². The van der Waals surface area contributed by atoms with Gasteiger partial charge in [0.2, 0.25) is 0 Å². The fraction of sp³-hybridized carbons (Fsp3) is 0.273. The third-order valence-electron chi connectivity index (χ3n) is 4.52. The van der Waals surface area contributed by atoms with Crippen LogP contribution in [-0.2, 0) is 6.54 Å². The van der Waals surface area contributed by atoms with Crippen LogP contribution in [0.4, 0.5) is 0 Å². The molecular formula is C22H27N5. The van der Waals surface area contributed by atoms with Crippen molar-refractivity contribution >= 4 is 5.96 Å². The topological polar surface area (TPSA) is 54.2 Å². The number of aromatic nitrogens is 2. The summed E-state index contributed by atoms with van der Waals surface area (Å²) < 4.78 is 1.94. The van der Waals surface area contributed by atoms with Gasteiger partial charge in [0.1, 0.15) is 0 Å². The number of hydrogen-bond acceptors (Lipinski definition) is 2. The number of rotatable bonds is 8. The first-order valence-corrected chi connectivity index (χ1v) is 9.38. The lowest BCUT2D eigenvalue weighted by Gasteiger charge is -2.20. The third-order valence-corrected chi connectivity index (χ3v) is 4.52. The molecule has 3 rings (SSSR count). The Bertz CT molecular complexity index is 758. The number of hydrogen-bond donors (Lipinski definition) is 2. The monoisotopic (exact) mass is 361 g/mol. The molecule has 140 valence electrons. The fourth-order valence-electron chi connectivity index (χ4n) is 3.10. The SMILES string of the molecule is CN=C(NCCCn1cccn1)NCC(c1ccccc1)c1ccccc1. The second-order valence-corrected chi connectivity index (χ2v) is 6.38. The predicted molar refractivity (Wildman–Crippen MR) is 111 cm³/mol. The van der Waals surface area contributed by atoms with E-state index in [0.29, 0.717) is 0 Å². The van der Waals surface area contributed by atoms with Gasteiger partial charge in [0, 0.05) is 45.0 Å². The molecule has 2 aromatic carbocycles. The molecule has 5 heteroatoms. The molecule has 0 spiro atoms. The Morgan fingerprint density at radius 1 is 0.963 bits per heavy atom. The Hall–Kier alpha value is -3.08. The average molecular weight is 361 g/mol. The minimum absolute atomic E-state index is 0.273. The second kappa shape index (κ2) is 10.2. The van der Waals surface area contributed by atoms with Crippen LogP contribution in [0, 0.1) is 0 Å². The van der Waals surface area contributed by atoms with Gasteiger partial charge in [-0.3, -0.25) is 9.67 Å². The average Bonchev–Trinajstić information content (AvgIpc) is 3.25. The lowest BCUT2D eigenvalue weighted by molar-refractivity contribution is 0.569. The first-order chi connectivity index (χ1) is 13.4. The van der Waals surface area contributed by atoms with Gasteiger partial charge in [0.25, 0.3) is 0 Å². The van der Waals surface area contributed by atoms with Gasteiger partial charge in [-0.1, -0.05) is 60.7 Å². The second-order valence-electron chi connectivity index (χ2n) is 6.38. The first-order valence-electron chi connectivity index (χ1n) is 9.38. The molecule has 0 radical (unpaired) electrons. The predicted octanol–water partition coefficient (Wildman–Crippen LogP) is 3.27. The van der Waals surface area contributed by atoms with E-state index in [4.69, 9.17) is 0 Å². The van der Waals surface area contributed by atoms with Gasteiger partial charge in [0.05, 0.1) is 0 Å². The highest BCUT2D eigenvalue weighted by Crippen LogP contribution is 2.23. The van der Waals surface area contributed by atoms with Crippen LogP contribution in [-0.4, -0.2) is 35.9 Å². The maximum atomic E-state index is 4.35. The van der Waals surface area contributed by atoms with Crippen molar-refractivity contribution in [1.82, 2.24) is 20.4 Å². The summed E-state index contributed by atoms with van der Waals surface area (Å²) in [6.45, 7) is 2.53. The van der Waals surface area contributed by atoms with E-state index in [9.17, 15) is 0 Å². The van der Waals surface area contributed by atoms with Crippen molar-refractivity contribution in [3.8, 4) is 0 Å². The molecule has 0 amide bonds. The lowest BCUT2D eigenvalue weighted by atomic mass is 9.91. The summed E-state index contributed by atoms with van der Waals surface area (Å²) in [5.41, 5.74) is 2.59. The quantitative estimate of drug-likeness (QED) is 0.368. The van der Waals surface area contributed by atoms with Gasteiger partial charge in [-0.25, -0.2) is 0 Å². The summed E-state index contributed by atoms with van der Waals surface area (Å²) in [6.07, 6.45) is 4.78. The minimum atomic E-state index is 0.273. The first kappa shape index (κ1) is 18.7. The van der Waals surface area contributed by atoms with Crippen LogP contribution in [0.15, 0.2) is 84.1 Å². The van der Waals surface area contributed by atoms with E-state index in [-0.39, 0.29) is 5.92 Å². The van der Waals surface area contributed by atoms with E-state index in [1.54, 1.807) is 6.20 Å². The highest BCUT2D eigenvalue weighted by molar-refractivity contribution is 5.79. The van der Waals surface area contributed by atoms with Gasteiger partial charge >= 0.3 is 0 Å². The van der Waals surface area contributed by atoms with E-state index < -0.39 is 0 Å². The van der Waals surface area contributed by atoms with Crippen molar-refractivity contribution < 1.29 is 0 Å². The van der Waals surface area contributed by atoms with Crippen molar-refractivity contribution in [2.75, 3.05) is 20.1 Å². The van der Waals surface area contributed by atoms with Gasteiger partial charge in [-0.15, -0.1) is 0 Å². The molecule has 0 aliphatic heterocycles. The Morgan fingerprint density at radius 3 is 2.19 bits per heavy atom. The Labute approximate surface area is 161 Å². The molecule has 0 aliphatic carbocycles. The van der Waals surface area contributed by atoms with Crippen molar-refractivity contribution in [2.24, 2.45) is 4.99 Å². The van der Waals surface area contributed by atoms with Crippen LogP contribution in [0.3, 0.4) is 0 Å². The molecule has 0 saturated carbocycles. The van der Waals surface area contributed by atoms with E-state index in [2.05, 4.69) is 81.4 Å². The molecule has 0 atom stereocenters. The van der Waals surface area contributed by atoms with Crippen molar-refractivity contribution in [3.63, 3.8) is 0 Å². The summed E-state index contributed by atoms with van der Waals surface area (Å²) in [6, 6.07) is 23.1. The molecule has 1 aromatic heterocycles. The fourth-order valence-corrected chi connectivity index (χ4v) is 3.10. The van der Waals surface area contributed by atoms with Crippen LogP contribution < -0.4 is 10.6 Å². The molecule has 0 unspecified atom stereocenters. The van der Waals surface area contributed by atoms with E-state index in [1.165, 1.54) is 11.1 Å². The molecule has 3 aromatic rings. The molecular weight excluding hydrogens is 334 g/mol. The minimum Gasteiger partial charge on any atom is -0.356 e. The van der Waals surface area contributed by atoms with E-state index >= 15 is 0 Å². The van der Waals surface area contributed by atoms with Gasteiger partial charge in [-0.2, -0.15) is 5.10 Å². The number of nitrogens with one attached hydrogen (secondary N) is 2. The van der Waals surface area contributed by atoms with Crippen LogP contribution in [0.25, 0.3) is 0 Å². The van der Waals surface area contributed by atoms with E-state index in [1.807, 2.05) is 24.0 Å². The standard InChI is InChI=1S/C22H27N5/c1-23-22(24-14-8-16-27-17-9-15-26-27)25-18-21(19-10-4-2-5-11-19)20-12-6-3-7-13-20/h2-7,9-13,15,17,21H,8,14,16,18H2,1H3,(H2,23,24,25). The van der Waals surface area contributed by atoms with Crippen molar-refractivity contribution in [2.45, 2.75) is 18.9 Å². The Morgan fingerprint density at radius 2 is 1.63 bits per heavy atom. The summed E-state index contributed by atoms with van der Waals surface area (Å²) in [5, 5.41) is 11.1.